The van der Waals surface area contributed by atoms with Crippen molar-refractivity contribution < 1.29 is 18.8 Å². The quantitative estimate of drug-likeness (QED) is 0.581. The molecule has 1 unspecified atom stereocenters. The number of rotatable bonds is 5. The number of halogens is 1. The second kappa shape index (κ2) is 10.3. The van der Waals surface area contributed by atoms with Gasteiger partial charge in [0.2, 0.25) is 11.8 Å². The van der Waals surface area contributed by atoms with E-state index in [4.69, 9.17) is 0 Å². The van der Waals surface area contributed by atoms with Crippen LogP contribution in [-0.4, -0.2) is 42.3 Å². The molecule has 0 bridgehead atoms. The number of benzene rings is 3. The Morgan fingerprint density at radius 1 is 0.917 bits per heavy atom. The maximum atomic E-state index is 13.1. The van der Waals surface area contributed by atoms with Crippen LogP contribution in [0.5, 0.6) is 0 Å². The van der Waals surface area contributed by atoms with Crippen LogP contribution in [0.25, 0.3) is 0 Å². The summed E-state index contributed by atoms with van der Waals surface area (Å²) in [6, 6.07) is 20.8. The summed E-state index contributed by atoms with van der Waals surface area (Å²) >= 11 is 0. The summed E-state index contributed by atoms with van der Waals surface area (Å²) in [5.41, 5.74) is 4.07. The minimum Gasteiger partial charge on any atom is -0.342 e. The highest BCUT2D eigenvalue weighted by molar-refractivity contribution is 6.07. The van der Waals surface area contributed by atoms with Crippen molar-refractivity contribution in [2.24, 2.45) is 5.92 Å². The number of likely N-dealkylation sites (tertiary alicyclic amines) is 1. The molecule has 1 atom stereocenters. The highest BCUT2D eigenvalue weighted by Crippen LogP contribution is 2.29. The Hall–Kier alpha value is -4.00. The molecule has 36 heavy (non-hydrogen) atoms. The van der Waals surface area contributed by atoms with Crippen LogP contribution in [-0.2, 0) is 22.4 Å². The predicted molar refractivity (Wildman–Crippen MR) is 136 cm³/mol. The van der Waals surface area contributed by atoms with Gasteiger partial charge in [-0.1, -0.05) is 30.3 Å². The van der Waals surface area contributed by atoms with Crippen LogP contribution in [0.2, 0.25) is 0 Å². The van der Waals surface area contributed by atoms with Gasteiger partial charge in [-0.3, -0.25) is 14.4 Å². The van der Waals surface area contributed by atoms with Crippen LogP contribution in [0.3, 0.4) is 0 Å². The molecule has 2 heterocycles. The average molecular weight is 486 g/mol. The molecule has 5 rings (SSSR count). The van der Waals surface area contributed by atoms with E-state index in [1.54, 1.807) is 46.2 Å². The van der Waals surface area contributed by atoms with Gasteiger partial charge in [-0.05, 0) is 72.9 Å². The SMILES string of the molecule is O=C(Nc1ccc(C(=O)N2CCc3ccccc32)cc1)C1CCCN(C(=O)Cc2ccc(F)cc2)C1. The average Bonchev–Trinajstić information content (AvgIpc) is 3.34. The third kappa shape index (κ3) is 5.15. The number of para-hydroxylation sites is 1. The van der Waals surface area contributed by atoms with Crippen molar-refractivity contribution in [2.75, 3.05) is 29.9 Å². The molecule has 2 aliphatic rings. The topological polar surface area (TPSA) is 69.7 Å². The Morgan fingerprint density at radius 2 is 1.67 bits per heavy atom. The van der Waals surface area contributed by atoms with Gasteiger partial charge in [0.15, 0.2) is 0 Å². The van der Waals surface area contributed by atoms with E-state index in [-0.39, 0.29) is 35.9 Å². The molecule has 3 aromatic rings. The molecule has 184 valence electrons. The lowest BCUT2D eigenvalue weighted by Crippen LogP contribution is -2.44. The van der Waals surface area contributed by atoms with Gasteiger partial charge in [-0.2, -0.15) is 0 Å². The van der Waals surface area contributed by atoms with Crippen LogP contribution in [0, 0.1) is 11.7 Å². The molecule has 7 heteroatoms. The normalized spacial score (nSPS) is 17.0. The van der Waals surface area contributed by atoms with Gasteiger partial charge in [0.05, 0.1) is 12.3 Å². The molecular weight excluding hydrogens is 457 g/mol. The van der Waals surface area contributed by atoms with Gasteiger partial charge in [0, 0.05) is 36.6 Å². The number of hydrogen-bond acceptors (Lipinski definition) is 3. The first-order chi connectivity index (χ1) is 17.5. The lowest BCUT2D eigenvalue weighted by Gasteiger charge is -2.32. The van der Waals surface area contributed by atoms with Crippen LogP contribution in [0.15, 0.2) is 72.8 Å². The van der Waals surface area contributed by atoms with E-state index in [1.807, 2.05) is 24.3 Å². The first-order valence-electron chi connectivity index (χ1n) is 12.3. The predicted octanol–water partition coefficient (Wildman–Crippen LogP) is 4.45. The number of fused-ring (bicyclic) bond motifs is 1. The molecule has 0 aliphatic carbocycles. The maximum absolute atomic E-state index is 13.1. The van der Waals surface area contributed by atoms with Gasteiger partial charge < -0.3 is 15.1 Å². The highest BCUT2D eigenvalue weighted by atomic mass is 19.1. The van der Waals surface area contributed by atoms with Gasteiger partial charge in [0.25, 0.3) is 5.91 Å². The van der Waals surface area contributed by atoms with Crippen LogP contribution >= 0.6 is 0 Å². The van der Waals surface area contributed by atoms with E-state index in [0.717, 1.165) is 24.1 Å². The van der Waals surface area contributed by atoms with Crippen molar-refractivity contribution in [3.8, 4) is 0 Å². The second-order valence-corrected chi connectivity index (χ2v) is 9.38. The molecule has 1 fully saturated rings. The fourth-order valence-corrected chi connectivity index (χ4v) is 4.95. The van der Waals surface area contributed by atoms with Gasteiger partial charge >= 0.3 is 0 Å². The van der Waals surface area contributed by atoms with Crippen molar-refractivity contribution in [1.82, 2.24) is 4.90 Å². The number of hydrogen-bond donors (Lipinski definition) is 1. The summed E-state index contributed by atoms with van der Waals surface area (Å²) < 4.78 is 13.1. The number of nitrogens with one attached hydrogen (secondary N) is 1. The standard InChI is InChI=1S/C29H28FN3O3/c30-24-11-7-20(8-12-24)18-27(34)32-16-3-5-23(19-32)28(35)31-25-13-9-22(10-14-25)29(36)33-17-15-21-4-1-2-6-26(21)33/h1-2,4,6-14,23H,3,5,15-19H2,(H,31,35). The lowest BCUT2D eigenvalue weighted by atomic mass is 9.96. The van der Waals surface area contributed by atoms with E-state index < -0.39 is 0 Å². The van der Waals surface area contributed by atoms with E-state index >= 15 is 0 Å². The second-order valence-electron chi connectivity index (χ2n) is 9.38. The fourth-order valence-electron chi connectivity index (χ4n) is 4.95. The first-order valence-corrected chi connectivity index (χ1v) is 12.3. The zero-order valence-corrected chi connectivity index (χ0v) is 20.0. The molecule has 0 aromatic heterocycles. The van der Waals surface area contributed by atoms with Crippen molar-refractivity contribution in [3.05, 3.63) is 95.3 Å². The Bertz CT molecular complexity index is 1270. The smallest absolute Gasteiger partial charge is 0.258 e. The molecule has 0 spiro atoms. The van der Waals surface area contributed by atoms with E-state index in [9.17, 15) is 18.8 Å². The summed E-state index contributed by atoms with van der Waals surface area (Å²) in [7, 11) is 0. The number of nitrogens with zero attached hydrogens (tertiary/aromatic N) is 2. The molecule has 3 amide bonds. The van der Waals surface area contributed by atoms with Gasteiger partial charge in [-0.15, -0.1) is 0 Å². The van der Waals surface area contributed by atoms with E-state index in [2.05, 4.69) is 5.32 Å². The van der Waals surface area contributed by atoms with Crippen LogP contribution < -0.4 is 10.2 Å². The van der Waals surface area contributed by atoms with Crippen molar-refractivity contribution in [1.29, 1.82) is 0 Å². The van der Waals surface area contributed by atoms with Gasteiger partial charge in [0.1, 0.15) is 5.82 Å². The molecule has 0 saturated carbocycles. The Balaban J connectivity index is 1.17. The van der Waals surface area contributed by atoms with Gasteiger partial charge in [-0.25, -0.2) is 4.39 Å². The van der Waals surface area contributed by atoms with Crippen LogP contribution in [0.4, 0.5) is 15.8 Å². The number of amides is 3. The minimum atomic E-state index is -0.334. The summed E-state index contributed by atoms with van der Waals surface area (Å²) in [4.78, 5) is 42.2. The Kier molecular flexibility index (Phi) is 6.80. The van der Waals surface area contributed by atoms with Crippen LogP contribution in [0.1, 0.15) is 34.3 Å². The molecular formula is C29H28FN3O3. The monoisotopic (exact) mass is 485 g/mol. The van der Waals surface area contributed by atoms with Crippen molar-refractivity contribution in [2.45, 2.75) is 25.7 Å². The summed E-state index contributed by atoms with van der Waals surface area (Å²) in [6.45, 7) is 1.63. The minimum absolute atomic E-state index is 0.0552. The maximum Gasteiger partial charge on any atom is 0.258 e. The zero-order valence-electron chi connectivity index (χ0n) is 20.0. The summed E-state index contributed by atoms with van der Waals surface area (Å²) in [5.74, 6) is -0.897. The third-order valence-electron chi connectivity index (χ3n) is 6.95. The molecule has 0 radical (unpaired) electrons. The first kappa shape index (κ1) is 23.7. The van der Waals surface area contributed by atoms with Crippen molar-refractivity contribution >= 4 is 29.1 Å². The lowest BCUT2D eigenvalue weighted by molar-refractivity contribution is -0.133. The molecule has 1 N–H and O–H groups in total. The number of carbonyl (C=O) groups is 3. The molecule has 1 saturated heterocycles. The fraction of sp³-hybridized carbons (Fsp3) is 0.276. The molecule has 2 aliphatic heterocycles. The number of piperidine rings is 1. The highest BCUT2D eigenvalue weighted by Gasteiger charge is 2.29. The Labute approximate surface area is 209 Å². The Morgan fingerprint density at radius 3 is 2.44 bits per heavy atom. The zero-order chi connectivity index (χ0) is 25.1. The molecule has 6 nitrogen and oxygen atoms in total. The van der Waals surface area contributed by atoms with E-state index in [1.165, 1.54) is 17.7 Å². The number of carbonyl (C=O) groups excluding carboxylic acids is 3. The summed E-state index contributed by atoms with van der Waals surface area (Å²) in [5, 5.41) is 2.93. The summed E-state index contributed by atoms with van der Waals surface area (Å²) in [6.07, 6.45) is 2.49. The third-order valence-corrected chi connectivity index (χ3v) is 6.95. The van der Waals surface area contributed by atoms with Crippen molar-refractivity contribution in [3.63, 3.8) is 0 Å². The number of anilines is 2. The van der Waals surface area contributed by atoms with E-state index in [0.29, 0.717) is 37.3 Å². The largest absolute Gasteiger partial charge is 0.342 e. The molecule has 3 aromatic carbocycles.